The van der Waals surface area contributed by atoms with Gasteiger partial charge in [-0.25, -0.2) is 0 Å². The van der Waals surface area contributed by atoms with Crippen LogP contribution >= 0.6 is 0 Å². The van der Waals surface area contributed by atoms with E-state index in [1.54, 1.807) is 0 Å². The van der Waals surface area contributed by atoms with Gasteiger partial charge in [-0.1, -0.05) is 48.5 Å². The Morgan fingerprint density at radius 1 is 1.10 bits per heavy atom. The third-order valence-corrected chi connectivity index (χ3v) is 6.33. The minimum atomic E-state index is -0.442. The molecule has 2 aliphatic heterocycles. The Balaban J connectivity index is 1.26. The van der Waals surface area contributed by atoms with E-state index in [1.807, 2.05) is 53.4 Å². The van der Waals surface area contributed by atoms with Crippen LogP contribution in [0, 0.1) is 5.92 Å². The van der Waals surface area contributed by atoms with E-state index in [0.29, 0.717) is 6.42 Å². The summed E-state index contributed by atoms with van der Waals surface area (Å²) >= 11 is 0. The van der Waals surface area contributed by atoms with Crippen LogP contribution in [0.1, 0.15) is 43.4 Å². The molecule has 4 rings (SSSR count). The average Bonchev–Trinajstić information content (AvgIpc) is 2.95. The number of carbonyl (C=O) groups excluding carboxylic acids is 1. The molecule has 0 aliphatic carbocycles. The van der Waals surface area contributed by atoms with E-state index in [0.717, 1.165) is 56.9 Å². The molecule has 2 aromatic rings. The quantitative estimate of drug-likeness (QED) is 0.821. The zero-order chi connectivity index (χ0) is 20.9. The number of piperidine rings is 1. The Morgan fingerprint density at radius 3 is 2.57 bits per heavy atom. The Morgan fingerprint density at radius 2 is 1.80 bits per heavy atom. The zero-order valence-corrected chi connectivity index (χ0v) is 17.7. The highest BCUT2D eigenvalue weighted by Gasteiger charge is 2.28. The normalized spacial score (nSPS) is 21.4. The third kappa shape index (κ3) is 5.02. The van der Waals surface area contributed by atoms with Crippen LogP contribution in [0.5, 0.6) is 5.75 Å². The fourth-order valence-electron chi connectivity index (χ4n) is 4.64. The number of aliphatic hydroxyl groups is 1. The minimum absolute atomic E-state index is 0.110. The Hall–Kier alpha value is -2.37. The second-order valence-electron chi connectivity index (χ2n) is 8.60. The second-order valence-corrected chi connectivity index (χ2v) is 8.60. The van der Waals surface area contributed by atoms with Crippen molar-refractivity contribution in [3.8, 4) is 5.75 Å². The molecule has 1 N–H and O–H groups in total. The summed E-state index contributed by atoms with van der Waals surface area (Å²) in [6.45, 7) is 5.94. The third-order valence-electron chi connectivity index (χ3n) is 6.33. The summed E-state index contributed by atoms with van der Waals surface area (Å²) in [6, 6.07) is 18.0. The standard InChI is InChI=1S/C25H32N2O3/c1-19-17-26(18-22-9-5-6-10-23(22)30-19)14-13-24(28)27-15-11-21(12-16-27)25(29)20-7-3-2-4-8-20/h2-10,19,21,25,29H,11-18H2,1H3/t19-,25-/m0/s1. The Bertz CT molecular complexity index is 833. The summed E-state index contributed by atoms with van der Waals surface area (Å²) in [5.74, 6) is 1.39. The Labute approximate surface area is 179 Å². The van der Waals surface area contributed by atoms with E-state index in [1.165, 1.54) is 5.56 Å². The second kappa shape index (κ2) is 9.63. The maximum absolute atomic E-state index is 12.8. The molecular weight excluding hydrogens is 376 g/mol. The molecule has 1 saturated heterocycles. The lowest BCUT2D eigenvalue weighted by Gasteiger charge is -2.35. The number of hydrogen-bond acceptors (Lipinski definition) is 4. The monoisotopic (exact) mass is 408 g/mol. The van der Waals surface area contributed by atoms with Crippen LogP contribution in [-0.4, -0.2) is 53.1 Å². The lowest BCUT2D eigenvalue weighted by atomic mass is 9.87. The summed E-state index contributed by atoms with van der Waals surface area (Å²) < 4.78 is 6.02. The SMILES string of the molecule is C[C@H]1CN(CCC(=O)N2CCC([C@@H](O)c3ccccc3)CC2)Cc2ccccc2O1. The predicted octanol–water partition coefficient (Wildman–Crippen LogP) is 3.63. The lowest BCUT2D eigenvalue weighted by Crippen LogP contribution is -2.41. The van der Waals surface area contributed by atoms with Gasteiger partial charge < -0.3 is 14.7 Å². The van der Waals surface area contributed by atoms with Gasteiger partial charge in [-0.2, -0.15) is 0 Å². The van der Waals surface area contributed by atoms with Gasteiger partial charge in [0.15, 0.2) is 0 Å². The number of fused-ring (bicyclic) bond motifs is 1. The molecule has 0 saturated carbocycles. The largest absolute Gasteiger partial charge is 0.489 e. The molecule has 2 atom stereocenters. The Kier molecular flexibility index (Phi) is 6.70. The van der Waals surface area contributed by atoms with Crippen molar-refractivity contribution in [1.29, 1.82) is 0 Å². The molecule has 0 spiro atoms. The van der Waals surface area contributed by atoms with Crippen molar-refractivity contribution in [2.75, 3.05) is 26.2 Å². The van der Waals surface area contributed by atoms with Gasteiger partial charge in [-0.05, 0) is 37.3 Å². The van der Waals surface area contributed by atoms with E-state index in [9.17, 15) is 9.90 Å². The average molecular weight is 409 g/mol. The van der Waals surface area contributed by atoms with Gasteiger partial charge in [0.2, 0.25) is 5.91 Å². The highest BCUT2D eigenvalue weighted by molar-refractivity contribution is 5.76. The number of amides is 1. The van der Waals surface area contributed by atoms with Crippen molar-refractivity contribution in [2.24, 2.45) is 5.92 Å². The van der Waals surface area contributed by atoms with Crippen molar-refractivity contribution in [2.45, 2.75) is 44.9 Å². The van der Waals surface area contributed by atoms with Crippen LogP contribution in [0.15, 0.2) is 54.6 Å². The molecule has 0 bridgehead atoms. The molecule has 2 aromatic carbocycles. The molecule has 5 nitrogen and oxygen atoms in total. The molecule has 5 heteroatoms. The zero-order valence-electron chi connectivity index (χ0n) is 17.7. The predicted molar refractivity (Wildman–Crippen MR) is 117 cm³/mol. The van der Waals surface area contributed by atoms with E-state index < -0.39 is 6.10 Å². The summed E-state index contributed by atoms with van der Waals surface area (Å²) in [5, 5.41) is 10.7. The number of para-hydroxylation sites is 1. The topological polar surface area (TPSA) is 53.0 Å². The smallest absolute Gasteiger partial charge is 0.223 e. The molecule has 2 heterocycles. The molecule has 1 fully saturated rings. The minimum Gasteiger partial charge on any atom is -0.489 e. The van der Waals surface area contributed by atoms with Crippen LogP contribution in [0.25, 0.3) is 0 Å². The van der Waals surface area contributed by atoms with E-state index >= 15 is 0 Å². The molecule has 2 aliphatic rings. The van der Waals surface area contributed by atoms with E-state index in [4.69, 9.17) is 4.74 Å². The van der Waals surface area contributed by atoms with Crippen molar-refractivity contribution in [1.82, 2.24) is 9.80 Å². The lowest BCUT2D eigenvalue weighted by molar-refractivity contribution is -0.133. The first-order valence-corrected chi connectivity index (χ1v) is 11.1. The van der Waals surface area contributed by atoms with Crippen molar-refractivity contribution in [3.05, 3.63) is 65.7 Å². The highest BCUT2D eigenvalue weighted by Crippen LogP contribution is 2.31. The van der Waals surface area contributed by atoms with Gasteiger partial charge in [-0.3, -0.25) is 9.69 Å². The van der Waals surface area contributed by atoms with Gasteiger partial charge in [-0.15, -0.1) is 0 Å². The maximum atomic E-state index is 12.8. The molecule has 160 valence electrons. The first-order chi connectivity index (χ1) is 14.6. The highest BCUT2D eigenvalue weighted by atomic mass is 16.5. The molecule has 30 heavy (non-hydrogen) atoms. The fourth-order valence-corrected chi connectivity index (χ4v) is 4.64. The molecule has 0 radical (unpaired) electrons. The van der Waals surface area contributed by atoms with Gasteiger partial charge in [0.1, 0.15) is 11.9 Å². The maximum Gasteiger partial charge on any atom is 0.223 e. The van der Waals surface area contributed by atoms with Crippen LogP contribution in [0.4, 0.5) is 0 Å². The van der Waals surface area contributed by atoms with E-state index in [2.05, 4.69) is 17.9 Å². The van der Waals surface area contributed by atoms with E-state index in [-0.39, 0.29) is 17.9 Å². The first-order valence-electron chi connectivity index (χ1n) is 11.1. The number of likely N-dealkylation sites (tertiary alicyclic amines) is 1. The molecular formula is C25H32N2O3. The summed E-state index contributed by atoms with van der Waals surface area (Å²) in [4.78, 5) is 17.1. The molecule has 0 unspecified atom stereocenters. The van der Waals surface area contributed by atoms with Crippen molar-refractivity contribution < 1.29 is 14.6 Å². The number of nitrogens with zero attached hydrogens (tertiary/aromatic N) is 2. The number of hydrogen-bond donors (Lipinski definition) is 1. The fraction of sp³-hybridized carbons (Fsp3) is 0.480. The molecule has 1 amide bonds. The molecule has 0 aromatic heterocycles. The van der Waals surface area contributed by atoms with Crippen LogP contribution in [0.2, 0.25) is 0 Å². The van der Waals surface area contributed by atoms with Crippen LogP contribution < -0.4 is 4.74 Å². The summed E-state index contributed by atoms with van der Waals surface area (Å²) in [6.07, 6.45) is 1.90. The van der Waals surface area contributed by atoms with Crippen LogP contribution in [0.3, 0.4) is 0 Å². The van der Waals surface area contributed by atoms with Crippen molar-refractivity contribution >= 4 is 5.91 Å². The van der Waals surface area contributed by atoms with Gasteiger partial charge in [0.25, 0.3) is 0 Å². The van der Waals surface area contributed by atoms with Gasteiger partial charge in [0.05, 0.1) is 6.10 Å². The summed E-state index contributed by atoms with van der Waals surface area (Å²) in [7, 11) is 0. The summed E-state index contributed by atoms with van der Waals surface area (Å²) in [5.41, 5.74) is 2.16. The van der Waals surface area contributed by atoms with Gasteiger partial charge >= 0.3 is 0 Å². The van der Waals surface area contributed by atoms with Gasteiger partial charge in [0, 0.05) is 44.7 Å². The number of rotatable bonds is 5. The number of carbonyl (C=O) groups is 1. The number of ether oxygens (including phenoxy) is 1. The van der Waals surface area contributed by atoms with Crippen LogP contribution in [-0.2, 0) is 11.3 Å². The number of aliphatic hydroxyl groups excluding tert-OH is 1. The number of benzene rings is 2. The first kappa shape index (κ1) is 20.9. The van der Waals surface area contributed by atoms with Crippen molar-refractivity contribution in [3.63, 3.8) is 0 Å².